The van der Waals surface area contributed by atoms with Crippen LogP contribution in [0.1, 0.15) is 38.3 Å². The van der Waals surface area contributed by atoms with Gasteiger partial charge in [-0.25, -0.2) is 0 Å². The van der Waals surface area contributed by atoms with Gasteiger partial charge in [0.25, 0.3) is 0 Å². The Morgan fingerprint density at radius 3 is 2.21 bits per heavy atom. The Labute approximate surface area is 172 Å². The molecule has 0 unspecified atom stereocenters. The van der Waals surface area contributed by atoms with Crippen LogP contribution in [0.25, 0.3) is 0 Å². The van der Waals surface area contributed by atoms with Crippen LogP contribution in [-0.4, -0.2) is 29.3 Å². The molecule has 5 heteroatoms. The summed E-state index contributed by atoms with van der Waals surface area (Å²) < 4.78 is 0. The second-order valence-electron chi connectivity index (χ2n) is 7.37. The number of hydrogen-bond donors (Lipinski definition) is 1. The highest BCUT2D eigenvalue weighted by Crippen LogP contribution is 2.16. The van der Waals surface area contributed by atoms with E-state index in [9.17, 15) is 9.59 Å². The van der Waals surface area contributed by atoms with Gasteiger partial charge in [-0.1, -0.05) is 74.8 Å². The van der Waals surface area contributed by atoms with Crippen LogP contribution in [-0.2, 0) is 22.6 Å². The maximum absolute atomic E-state index is 13.2. The lowest BCUT2D eigenvalue weighted by atomic mass is 10.1. The summed E-state index contributed by atoms with van der Waals surface area (Å²) in [6.45, 7) is 7.04. The smallest absolute Gasteiger partial charge is 0.242 e. The van der Waals surface area contributed by atoms with Crippen molar-refractivity contribution < 1.29 is 9.59 Å². The third-order valence-electron chi connectivity index (χ3n) is 4.53. The quantitative estimate of drug-likeness (QED) is 0.675. The zero-order chi connectivity index (χ0) is 20.5. The lowest BCUT2D eigenvalue weighted by molar-refractivity contribution is -0.141. The predicted molar refractivity (Wildman–Crippen MR) is 114 cm³/mol. The van der Waals surface area contributed by atoms with Crippen molar-refractivity contribution in [3.63, 3.8) is 0 Å². The third-order valence-corrected chi connectivity index (χ3v) is 4.79. The normalized spacial score (nSPS) is 11.9. The maximum Gasteiger partial charge on any atom is 0.242 e. The summed E-state index contributed by atoms with van der Waals surface area (Å²) in [5.41, 5.74) is 1.88. The molecule has 4 nitrogen and oxygen atoms in total. The second-order valence-corrected chi connectivity index (χ2v) is 7.81. The summed E-state index contributed by atoms with van der Waals surface area (Å²) in [5.74, 6) is 0.183. The number of nitrogens with zero attached hydrogens (tertiary/aromatic N) is 1. The zero-order valence-corrected chi connectivity index (χ0v) is 17.6. The van der Waals surface area contributed by atoms with E-state index in [1.807, 2.05) is 49.4 Å². The highest BCUT2D eigenvalue weighted by atomic mass is 35.5. The first-order valence-electron chi connectivity index (χ1n) is 9.76. The van der Waals surface area contributed by atoms with Crippen LogP contribution in [0.5, 0.6) is 0 Å². The summed E-state index contributed by atoms with van der Waals surface area (Å²) in [6, 6.07) is 16.5. The fraction of sp³-hybridized carbons (Fsp3) is 0.391. The summed E-state index contributed by atoms with van der Waals surface area (Å²) in [6.07, 6.45) is 0.793. The zero-order valence-electron chi connectivity index (χ0n) is 16.8. The molecule has 0 aliphatic carbocycles. The van der Waals surface area contributed by atoms with E-state index in [0.29, 0.717) is 30.5 Å². The molecule has 150 valence electrons. The molecule has 0 fully saturated rings. The first-order valence-corrected chi connectivity index (χ1v) is 10.1. The van der Waals surface area contributed by atoms with Crippen LogP contribution >= 0.6 is 11.6 Å². The van der Waals surface area contributed by atoms with E-state index in [2.05, 4.69) is 19.2 Å². The average molecular weight is 401 g/mol. The van der Waals surface area contributed by atoms with Gasteiger partial charge in [-0.05, 0) is 35.6 Å². The molecule has 1 atom stereocenters. The van der Waals surface area contributed by atoms with Gasteiger partial charge in [0.1, 0.15) is 6.04 Å². The molecule has 0 aromatic heterocycles. The first kappa shape index (κ1) is 22.0. The summed E-state index contributed by atoms with van der Waals surface area (Å²) in [7, 11) is 0. The van der Waals surface area contributed by atoms with Gasteiger partial charge >= 0.3 is 0 Å². The van der Waals surface area contributed by atoms with E-state index < -0.39 is 6.04 Å². The molecule has 28 heavy (non-hydrogen) atoms. The Morgan fingerprint density at radius 2 is 1.64 bits per heavy atom. The molecular formula is C23H29ClN2O2. The Hall–Kier alpha value is -2.33. The number of rotatable bonds is 9. The Balaban J connectivity index is 2.22. The van der Waals surface area contributed by atoms with Gasteiger partial charge in [0.05, 0.1) is 6.42 Å². The molecule has 0 saturated carbocycles. The minimum absolute atomic E-state index is 0.0716. The van der Waals surface area contributed by atoms with Crippen LogP contribution < -0.4 is 5.32 Å². The minimum Gasteiger partial charge on any atom is -0.354 e. The van der Waals surface area contributed by atoms with Crippen molar-refractivity contribution in [1.29, 1.82) is 0 Å². The van der Waals surface area contributed by atoms with Crippen LogP contribution in [0.2, 0.25) is 5.02 Å². The molecule has 0 aliphatic rings. The average Bonchev–Trinajstić information content (AvgIpc) is 2.68. The molecule has 0 aliphatic heterocycles. The molecule has 2 aromatic rings. The van der Waals surface area contributed by atoms with Gasteiger partial charge in [-0.15, -0.1) is 0 Å². The Morgan fingerprint density at radius 1 is 1.00 bits per heavy atom. The van der Waals surface area contributed by atoms with Crippen molar-refractivity contribution in [2.75, 3.05) is 6.54 Å². The van der Waals surface area contributed by atoms with E-state index in [0.717, 1.165) is 11.1 Å². The van der Waals surface area contributed by atoms with E-state index >= 15 is 0 Å². The number of carbonyl (C=O) groups is 2. The number of carbonyl (C=O) groups excluding carboxylic acids is 2. The highest BCUT2D eigenvalue weighted by Gasteiger charge is 2.28. The fourth-order valence-electron chi connectivity index (χ4n) is 3.00. The maximum atomic E-state index is 13.2. The number of benzene rings is 2. The number of nitrogens with one attached hydrogen (secondary N) is 1. The second kappa shape index (κ2) is 10.9. The number of amides is 2. The van der Waals surface area contributed by atoms with Gasteiger partial charge in [-0.2, -0.15) is 0 Å². The summed E-state index contributed by atoms with van der Waals surface area (Å²) in [4.78, 5) is 27.6. The summed E-state index contributed by atoms with van der Waals surface area (Å²) >= 11 is 5.94. The summed E-state index contributed by atoms with van der Waals surface area (Å²) in [5, 5.41) is 3.61. The van der Waals surface area contributed by atoms with Crippen molar-refractivity contribution in [1.82, 2.24) is 10.2 Å². The topological polar surface area (TPSA) is 49.4 Å². The van der Waals surface area contributed by atoms with Crippen LogP contribution in [0.15, 0.2) is 54.6 Å². The molecule has 2 aromatic carbocycles. The molecule has 0 saturated heterocycles. The fourth-order valence-corrected chi connectivity index (χ4v) is 3.13. The van der Waals surface area contributed by atoms with Gasteiger partial charge in [0.15, 0.2) is 0 Å². The molecule has 2 rings (SSSR count). The van der Waals surface area contributed by atoms with E-state index in [-0.39, 0.29) is 18.2 Å². The molecule has 0 bridgehead atoms. The molecule has 0 heterocycles. The molecule has 0 radical (unpaired) electrons. The van der Waals surface area contributed by atoms with Gasteiger partial charge in [0.2, 0.25) is 11.8 Å². The largest absolute Gasteiger partial charge is 0.354 e. The van der Waals surface area contributed by atoms with E-state index in [1.165, 1.54) is 0 Å². The lowest BCUT2D eigenvalue weighted by Gasteiger charge is -2.31. The van der Waals surface area contributed by atoms with Gasteiger partial charge < -0.3 is 10.2 Å². The van der Waals surface area contributed by atoms with Crippen LogP contribution in [0.4, 0.5) is 0 Å². The van der Waals surface area contributed by atoms with E-state index in [4.69, 9.17) is 11.6 Å². The molecular weight excluding hydrogens is 372 g/mol. The highest BCUT2D eigenvalue weighted by molar-refractivity contribution is 6.30. The number of halogens is 1. The van der Waals surface area contributed by atoms with Crippen LogP contribution in [0, 0.1) is 5.92 Å². The van der Waals surface area contributed by atoms with Crippen molar-refractivity contribution in [2.24, 2.45) is 5.92 Å². The van der Waals surface area contributed by atoms with E-state index in [1.54, 1.807) is 17.0 Å². The monoisotopic (exact) mass is 400 g/mol. The van der Waals surface area contributed by atoms with Gasteiger partial charge in [-0.3, -0.25) is 9.59 Å². The Kier molecular flexibility index (Phi) is 8.52. The van der Waals surface area contributed by atoms with Crippen molar-refractivity contribution in [3.8, 4) is 0 Å². The molecule has 0 spiro atoms. The lowest BCUT2D eigenvalue weighted by Crippen LogP contribution is -2.50. The minimum atomic E-state index is -0.501. The molecule has 2 amide bonds. The van der Waals surface area contributed by atoms with Crippen molar-refractivity contribution in [3.05, 3.63) is 70.7 Å². The predicted octanol–water partition coefficient (Wildman–Crippen LogP) is 4.46. The SMILES string of the molecule is CC[C@@H](C(=O)NCC(C)C)N(Cc1ccccc1)C(=O)Cc1ccc(Cl)cc1. The Bertz CT molecular complexity index is 760. The van der Waals surface area contributed by atoms with Crippen molar-refractivity contribution >= 4 is 23.4 Å². The number of hydrogen-bond acceptors (Lipinski definition) is 2. The first-order chi connectivity index (χ1) is 13.4. The molecule has 1 N–H and O–H groups in total. The third kappa shape index (κ3) is 6.68. The van der Waals surface area contributed by atoms with Crippen LogP contribution in [0.3, 0.4) is 0 Å². The standard InChI is InChI=1S/C23H29ClN2O2/c1-4-21(23(28)25-15-17(2)3)26(16-19-8-6-5-7-9-19)22(27)14-18-10-12-20(24)13-11-18/h5-13,17,21H,4,14-16H2,1-3H3,(H,25,28)/t21-/m0/s1. The van der Waals surface area contributed by atoms with Crippen molar-refractivity contribution in [2.45, 2.75) is 46.2 Å². The van der Waals surface area contributed by atoms with Gasteiger partial charge in [0, 0.05) is 18.1 Å².